The third-order valence-electron chi connectivity index (χ3n) is 4.22. The fourth-order valence-corrected chi connectivity index (χ4v) is 3.52. The lowest BCUT2D eigenvalue weighted by atomic mass is 9.81. The molecule has 4 rings (SSSR count). The molecule has 4 heteroatoms. The van der Waals surface area contributed by atoms with E-state index in [1.54, 1.807) is 0 Å². The highest BCUT2D eigenvalue weighted by atomic mass is 15.5. The van der Waals surface area contributed by atoms with Crippen molar-refractivity contribution in [2.75, 3.05) is 4.90 Å². The van der Waals surface area contributed by atoms with Gasteiger partial charge in [-0.1, -0.05) is 12.8 Å². The van der Waals surface area contributed by atoms with Gasteiger partial charge in [-0.15, -0.1) is 0 Å². The fraction of sp³-hybridized carbons (Fsp3) is 0.583. The van der Waals surface area contributed by atoms with E-state index in [-0.39, 0.29) is 0 Å². The van der Waals surface area contributed by atoms with E-state index in [2.05, 4.69) is 38.5 Å². The van der Waals surface area contributed by atoms with Crippen molar-refractivity contribution in [2.24, 2.45) is 5.92 Å². The number of hydrogen-bond donors (Lipinski definition) is 1. The normalized spacial score (nSPS) is 35.2. The highest BCUT2D eigenvalue weighted by molar-refractivity contribution is 5.48. The van der Waals surface area contributed by atoms with E-state index in [1.165, 1.54) is 31.5 Å². The number of nitrogens with zero attached hydrogens (tertiary/aromatic N) is 3. The highest BCUT2D eigenvalue weighted by Gasteiger charge is 2.43. The molecule has 1 N–H and O–H groups in total. The molecule has 0 spiro atoms. The molecule has 1 fully saturated rings. The second-order valence-electron chi connectivity index (χ2n) is 4.98. The predicted octanol–water partition coefficient (Wildman–Crippen LogP) is 1.83. The summed E-state index contributed by atoms with van der Waals surface area (Å²) in [6.45, 7) is 0. The Morgan fingerprint density at radius 2 is 2.25 bits per heavy atom. The van der Waals surface area contributed by atoms with Crippen LogP contribution in [-0.2, 0) is 0 Å². The Hall–Kier alpha value is -1.45. The van der Waals surface area contributed by atoms with Gasteiger partial charge in [0.25, 0.3) is 0 Å². The summed E-state index contributed by atoms with van der Waals surface area (Å²) < 4.78 is 2.23. The molecule has 0 saturated heterocycles. The summed E-state index contributed by atoms with van der Waals surface area (Å²) in [4.78, 5) is 2.33. The standard InChI is InChI=1S/C12H16N4/c1-2-4-10-9(3-1)12-13-7-8-15(12)11-5-6-14-16(10)11/h5-10,12-13H,1-4H2. The second kappa shape index (κ2) is 3.03. The Morgan fingerprint density at radius 1 is 1.31 bits per heavy atom. The SMILES string of the molecule is C1=CN2c3ccnn3C3CCCCC3C2N1. The van der Waals surface area contributed by atoms with E-state index in [9.17, 15) is 0 Å². The first kappa shape index (κ1) is 8.67. The number of rotatable bonds is 0. The lowest BCUT2D eigenvalue weighted by Gasteiger charge is -2.45. The number of fused-ring (bicyclic) bond motifs is 6. The molecular weight excluding hydrogens is 200 g/mol. The highest BCUT2D eigenvalue weighted by Crippen LogP contribution is 2.44. The maximum absolute atomic E-state index is 4.51. The first-order chi connectivity index (χ1) is 7.95. The van der Waals surface area contributed by atoms with Gasteiger partial charge in [0, 0.05) is 24.4 Å². The van der Waals surface area contributed by atoms with Crippen LogP contribution in [0, 0.1) is 5.92 Å². The molecule has 0 amide bonds. The minimum Gasteiger partial charge on any atom is -0.369 e. The van der Waals surface area contributed by atoms with Crippen molar-refractivity contribution in [3.63, 3.8) is 0 Å². The third-order valence-corrected chi connectivity index (χ3v) is 4.22. The summed E-state index contributed by atoms with van der Waals surface area (Å²) in [5.74, 6) is 1.95. The summed E-state index contributed by atoms with van der Waals surface area (Å²) in [6.07, 6.45) is 11.9. The van der Waals surface area contributed by atoms with Crippen LogP contribution in [0.1, 0.15) is 31.7 Å². The Bertz CT molecular complexity index is 436. The first-order valence-electron chi connectivity index (χ1n) is 6.20. The average molecular weight is 216 g/mol. The van der Waals surface area contributed by atoms with Gasteiger partial charge in [-0.25, -0.2) is 4.68 Å². The van der Waals surface area contributed by atoms with E-state index < -0.39 is 0 Å². The van der Waals surface area contributed by atoms with Gasteiger partial charge in [-0.2, -0.15) is 5.10 Å². The Labute approximate surface area is 94.9 Å². The Balaban J connectivity index is 1.84. The number of aromatic nitrogens is 2. The van der Waals surface area contributed by atoms with Crippen LogP contribution in [-0.4, -0.2) is 15.9 Å². The number of anilines is 1. The largest absolute Gasteiger partial charge is 0.369 e. The maximum Gasteiger partial charge on any atom is 0.132 e. The van der Waals surface area contributed by atoms with Gasteiger partial charge in [-0.3, -0.25) is 0 Å². The summed E-state index contributed by atoms with van der Waals surface area (Å²) >= 11 is 0. The van der Waals surface area contributed by atoms with E-state index >= 15 is 0 Å². The van der Waals surface area contributed by atoms with Crippen LogP contribution < -0.4 is 10.2 Å². The van der Waals surface area contributed by atoms with E-state index in [1.807, 2.05) is 6.20 Å². The van der Waals surface area contributed by atoms with Crippen molar-refractivity contribution < 1.29 is 0 Å². The van der Waals surface area contributed by atoms with Crippen molar-refractivity contribution in [2.45, 2.75) is 37.9 Å². The van der Waals surface area contributed by atoms with Crippen molar-refractivity contribution in [1.82, 2.24) is 15.1 Å². The molecule has 3 heterocycles. The third kappa shape index (κ3) is 0.970. The molecule has 4 nitrogen and oxygen atoms in total. The minimum absolute atomic E-state index is 0.467. The molecule has 0 radical (unpaired) electrons. The topological polar surface area (TPSA) is 33.1 Å². The van der Waals surface area contributed by atoms with E-state index in [4.69, 9.17) is 0 Å². The summed E-state index contributed by atoms with van der Waals surface area (Å²) in [6, 6.07) is 2.72. The van der Waals surface area contributed by atoms with Crippen LogP contribution in [0.2, 0.25) is 0 Å². The summed E-state index contributed by atoms with van der Waals surface area (Å²) in [7, 11) is 0. The molecule has 3 unspecified atom stereocenters. The number of nitrogens with one attached hydrogen (secondary N) is 1. The zero-order valence-corrected chi connectivity index (χ0v) is 9.21. The Kier molecular flexibility index (Phi) is 1.64. The second-order valence-corrected chi connectivity index (χ2v) is 4.98. The van der Waals surface area contributed by atoms with Crippen molar-refractivity contribution in [1.29, 1.82) is 0 Å². The lowest BCUT2D eigenvalue weighted by molar-refractivity contribution is 0.166. The molecular formula is C12H16N4. The van der Waals surface area contributed by atoms with Crippen LogP contribution in [0.3, 0.4) is 0 Å². The molecule has 1 aromatic rings. The summed E-state index contributed by atoms with van der Waals surface area (Å²) in [5, 5.41) is 8.01. The van der Waals surface area contributed by atoms with Gasteiger partial charge in [0.15, 0.2) is 0 Å². The molecule has 0 aromatic carbocycles. The molecule has 84 valence electrons. The van der Waals surface area contributed by atoms with Gasteiger partial charge in [0.05, 0.1) is 12.2 Å². The van der Waals surface area contributed by atoms with Crippen molar-refractivity contribution >= 4 is 5.82 Å². The van der Waals surface area contributed by atoms with Crippen molar-refractivity contribution in [3.8, 4) is 0 Å². The molecule has 0 bridgehead atoms. The monoisotopic (exact) mass is 216 g/mol. The van der Waals surface area contributed by atoms with Crippen molar-refractivity contribution in [3.05, 3.63) is 24.7 Å². The zero-order chi connectivity index (χ0) is 10.5. The maximum atomic E-state index is 4.51. The average Bonchev–Trinajstić information content (AvgIpc) is 2.98. The van der Waals surface area contributed by atoms with Gasteiger partial charge in [0.2, 0.25) is 0 Å². The molecule has 1 saturated carbocycles. The van der Waals surface area contributed by atoms with Gasteiger partial charge in [0.1, 0.15) is 12.0 Å². The smallest absolute Gasteiger partial charge is 0.132 e. The van der Waals surface area contributed by atoms with Crippen LogP contribution in [0.25, 0.3) is 0 Å². The molecule has 1 aromatic heterocycles. The Morgan fingerprint density at radius 3 is 3.25 bits per heavy atom. The predicted molar refractivity (Wildman–Crippen MR) is 61.8 cm³/mol. The quantitative estimate of drug-likeness (QED) is 0.718. The molecule has 16 heavy (non-hydrogen) atoms. The summed E-state index contributed by atoms with van der Waals surface area (Å²) in [5.41, 5.74) is 0. The zero-order valence-electron chi connectivity index (χ0n) is 9.21. The first-order valence-corrected chi connectivity index (χ1v) is 6.20. The van der Waals surface area contributed by atoms with E-state index in [0.29, 0.717) is 18.1 Å². The van der Waals surface area contributed by atoms with Crippen LogP contribution >= 0.6 is 0 Å². The van der Waals surface area contributed by atoms with Gasteiger partial charge < -0.3 is 10.2 Å². The molecule has 3 atom stereocenters. The number of hydrogen-bond acceptors (Lipinski definition) is 3. The van der Waals surface area contributed by atoms with Gasteiger partial charge >= 0.3 is 0 Å². The van der Waals surface area contributed by atoms with Crippen LogP contribution in [0.5, 0.6) is 0 Å². The lowest BCUT2D eigenvalue weighted by Crippen LogP contribution is -2.51. The van der Waals surface area contributed by atoms with Gasteiger partial charge in [-0.05, 0) is 12.8 Å². The molecule has 2 aliphatic heterocycles. The van der Waals surface area contributed by atoms with E-state index in [0.717, 1.165) is 0 Å². The van der Waals surface area contributed by atoms with Crippen LogP contribution in [0.4, 0.5) is 5.82 Å². The molecule has 1 aliphatic carbocycles. The minimum atomic E-state index is 0.467. The fourth-order valence-electron chi connectivity index (χ4n) is 3.52. The molecule has 3 aliphatic rings. The van der Waals surface area contributed by atoms with Crippen LogP contribution in [0.15, 0.2) is 24.7 Å².